The third-order valence-corrected chi connectivity index (χ3v) is 5.27. The molecule has 1 saturated heterocycles. The SMILES string of the molecule is CCCC(=O)Oc1cccc(-c2nc(N3CCOCC3)c3sccc3n2)c1. The van der Waals surface area contributed by atoms with Crippen LogP contribution in [-0.4, -0.2) is 42.2 Å². The van der Waals surface area contributed by atoms with Gasteiger partial charge in [-0.2, -0.15) is 0 Å². The lowest BCUT2D eigenvalue weighted by molar-refractivity contribution is -0.134. The summed E-state index contributed by atoms with van der Waals surface area (Å²) in [6, 6.07) is 9.42. The summed E-state index contributed by atoms with van der Waals surface area (Å²) in [6.07, 6.45) is 1.17. The quantitative estimate of drug-likeness (QED) is 0.492. The van der Waals surface area contributed by atoms with Crippen molar-refractivity contribution in [1.29, 1.82) is 0 Å². The Bertz CT molecular complexity index is 951. The number of ether oxygens (including phenoxy) is 2. The number of aromatic nitrogens is 2. The van der Waals surface area contributed by atoms with Gasteiger partial charge in [0.1, 0.15) is 5.75 Å². The van der Waals surface area contributed by atoms with Crippen LogP contribution in [0.5, 0.6) is 5.75 Å². The number of anilines is 1. The molecule has 27 heavy (non-hydrogen) atoms. The van der Waals surface area contributed by atoms with Crippen LogP contribution in [0.2, 0.25) is 0 Å². The Labute approximate surface area is 161 Å². The van der Waals surface area contributed by atoms with E-state index >= 15 is 0 Å². The molecule has 0 N–H and O–H groups in total. The highest BCUT2D eigenvalue weighted by molar-refractivity contribution is 7.17. The summed E-state index contributed by atoms with van der Waals surface area (Å²) < 4.78 is 12.0. The van der Waals surface area contributed by atoms with Gasteiger partial charge in [0.2, 0.25) is 0 Å². The summed E-state index contributed by atoms with van der Waals surface area (Å²) in [6.45, 7) is 5.00. The van der Waals surface area contributed by atoms with Crippen molar-refractivity contribution in [3.05, 3.63) is 35.7 Å². The molecule has 7 heteroatoms. The van der Waals surface area contributed by atoms with E-state index in [9.17, 15) is 4.79 Å². The van der Waals surface area contributed by atoms with Crippen LogP contribution >= 0.6 is 11.3 Å². The Morgan fingerprint density at radius 3 is 2.93 bits per heavy atom. The number of esters is 1. The molecule has 0 saturated carbocycles. The number of thiophene rings is 1. The maximum atomic E-state index is 11.8. The van der Waals surface area contributed by atoms with Gasteiger partial charge in [-0.05, 0) is 30.0 Å². The van der Waals surface area contributed by atoms with Gasteiger partial charge in [0.25, 0.3) is 0 Å². The summed E-state index contributed by atoms with van der Waals surface area (Å²) in [5, 5.41) is 2.04. The number of morpholine rings is 1. The van der Waals surface area contributed by atoms with Gasteiger partial charge in [-0.3, -0.25) is 4.79 Å². The fraction of sp³-hybridized carbons (Fsp3) is 0.350. The summed E-state index contributed by atoms with van der Waals surface area (Å²) in [5.74, 6) is 1.88. The molecule has 1 fully saturated rings. The number of rotatable bonds is 5. The number of hydrogen-bond acceptors (Lipinski definition) is 7. The maximum absolute atomic E-state index is 11.8. The third kappa shape index (κ3) is 3.94. The molecule has 6 nitrogen and oxygen atoms in total. The molecular weight excluding hydrogens is 362 g/mol. The Balaban J connectivity index is 1.70. The van der Waals surface area contributed by atoms with E-state index in [0.29, 0.717) is 31.2 Å². The first kappa shape index (κ1) is 17.9. The normalized spacial score (nSPS) is 14.5. The van der Waals surface area contributed by atoms with Crippen LogP contribution in [0.4, 0.5) is 5.82 Å². The maximum Gasteiger partial charge on any atom is 0.311 e. The fourth-order valence-corrected chi connectivity index (χ4v) is 3.90. The van der Waals surface area contributed by atoms with Gasteiger partial charge in [-0.15, -0.1) is 11.3 Å². The minimum absolute atomic E-state index is 0.224. The van der Waals surface area contributed by atoms with E-state index in [1.54, 1.807) is 17.4 Å². The molecule has 2 aromatic heterocycles. The lowest BCUT2D eigenvalue weighted by Gasteiger charge is -2.28. The highest BCUT2D eigenvalue weighted by atomic mass is 32.1. The van der Waals surface area contributed by atoms with E-state index < -0.39 is 0 Å². The fourth-order valence-electron chi connectivity index (χ4n) is 3.05. The first-order chi connectivity index (χ1) is 13.2. The van der Waals surface area contributed by atoms with E-state index in [1.165, 1.54) is 0 Å². The Morgan fingerprint density at radius 2 is 2.11 bits per heavy atom. The van der Waals surface area contributed by atoms with Crippen LogP contribution in [-0.2, 0) is 9.53 Å². The molecule has 0 unspecified atom stereocenters. The molecule has 140 valence electrons. The standard InChI is InChI=1S/C20H21N3O3S/c1-2-4-17(24)26-15-6-3-5-14(13-15)19-21-16-7-12-27-18(16)20(22-19)23-8-10-25-11-9-23/h3,5-7,12-13H,2,4,8-11H2,1H3. The monoisotopic (exact) mass is 383 g/mol. The van der Waals surface area contributed by atoms with Crippen LogP contribution in [0, 0.1) is 0 Å². The molecule has 0 aliphatic carbocycles. The molecule has 3 heterocycles. The van der Waals surface area contributed by atoms with Crippen LogP contribution < -0.4 is 9.64 Å². The van der Waals surface area contributed by atoms with E-state index in [0.717, 1.165) is 41.1 Å². The van der Waals surface area contributed by atoms with Crippen molar-refractivity contribution in [3.8, 4) is 17.1 Å². The van der Waals surface area contributed by atoms with Gasteiger partial charge in [0.15, 0.2) is 11.6 Å². The molecule has 1 aromatic carbocycles. The summed E-state index contributed by atoms with van der Waals surface area (Å²) in [5.41, 5.74) is 1.76. The number of fused-ring (bicyclic) bond motifs is 1. The minimum Gasteiger partial charge on any atom is -0.427 e. The lowest BCUT2D eigenvalue weighted by Crippen LogP contribution is -2.36. The molecule has 0 spiro atoms. The van der Waals surface area contributed by atoms with Gasteiger partial charge >= 0.3 is 5.97 Å². The largest absolute Gasteiger partial charge is 0.427 e. The smallest absolute Gasteiger partial charge is 0.311 e. The topological polar surface area (TPSA) is 64.5 Å². The predicted octanol–water partition coefficient (Wildman–Crippen LogP) is 3.90. The molecule has 0 amide bonds. The van der Waals surface area contributed by atoms with E-state index in [4.69, 9.17) is 19.4 Å². The van der Waals surface area contributed by atoms with E-state index in [-0.39, 0.29) is 5.97 Å². The van der Waals surface area contributed by atoms with Crippen molar-refractivity contribution in [3.63, 3.8) is 0 Å². The van der Waals surface area contributed by atoms with Crippen LogP contribution in [0.15, 0.2) is 35.7 Å². The Kier molecular flexibility index (Phi) is 5.31. The zero-order valence-corrected chi connectivity index (χ0v) is 16.0. The molecule has 3 aromatic rings. The molecule has 1 aliphatic rings. The molecular formula is C20H21N3O3S. The average molecular weight is 383 g/mol. The van der Waals surface area contributed by atoms with Crippen molar-refractivity contribution < 1.29 is 14.3 Å². The summed E-state index contributed by atoms with van der Waals surface area (Å²) in [7, 11) is 0. The van der Waals surface area contributed by atoms with Gasteiger partial charge in [0.05, 0.1) is 23.4 Å². The highest BCUT2D eigenvalue weighted by Crippen LogP contribution is 2.32. The molecule has 0 radical (unpaired) electrons. The Hall–Kier alpha value is -2.51. The van der Waals surface area contributed by atoms with E-state index in [2.05, 4.69) is 4.90 Å². The second-order valence-electron chi connectivity index (χ2n) is 6.36. The van der Waals surface area contributed by atoms with Crippen molar-refractivity contribution in [2.24, 2.45) is 0 Å². The second-order valence-corrected chi connectivity index (χ2v) is 7.27. The zero-order valence-electron chi connectivity index (χ0n) is 15.2. The predicted molar refractivity (Wildman–Crippen MR) is 106 cm³/mol. The van der Waals surface area contributed by atoms with E-state index in [1.807, 2.05) is 36.6 Å². The minimum atomic E-state index is -0.224. The van der Waals surface area contributed by atoms with Crippen LogP contribution in [0.3, 0.4) is 0 Å². The van der Waals surface area contributed by atoms with Crippen LogP contribution in [0.25, 0.3) is 21.6 Å². The van der Waals surface area contributed by atoms with Gasteiger partial charge in [0, 0.05) is 25.1 Å². The summed E-state index contributed by atoms with van der Waals surface area (Å²) >= 11 is 1.65. The number of carbonyl (C=O) groups is 1. The number of benzene rings is 1. The van der Waals surface area contributed by atoms with Crippen molar-refractivity contribution in [1.82, 2.24) is 9.97 Å². The molecule has 1 aliphatic heterocycles. The zero-order chi connectivity index (χ0) is 18.6. The number of carbonyl (C=O) groups excluding carboxylic acids is 1. The Morgan fingerprint density at radius 1 is 1.26 bits per heavy atom. The van der Waals surface area contributed by atoms with Gasteiger partial charge < -0.3 is 14.4 Å². The molecule has 0 bridgehead atoms. The third-order valence-electron chi connectivity index (χ3n) is 4.37. The average Bonchev–Trinajstić information content (AvgIpc) is 3.17. The molecule has 4 rings (SSSR count). The second kappa shape index (κ2) is 8.02. The van der Waals surface area contributed by atoms with Crippen molar-refractivity contribution >= 4 is 33.3 Å². The first-order valence-electron chi connectivity index (χ1n) is 9.13. The van der Waals surface area contributed by atoms with Gasteiger partial charge in [-0.25, -0.2) is 9.97 Å². The lowest BCUT2D eigenvalue weighted by atomic mass is 10.2. The van der Waals surface area contributed by atoms with Gasteiger partial charge in [-0.1, -0.05) is 19.1 Å². The number of nitrogens with zero attached hydrogens (tertiary/aromatic N) is 3. The van der Waals surface area contributed by atoms with Crippen LogP contribution in [0.1, 0.15) is 19.8 Å². The number of hydrogen-bond donors (Lipinski definition) is 0. The first-order valence-corrected chi connectivity index (χ1v) is 10.0. The highest BCUT2D eigenvalue weighted by Gasteiger charge is 2.19. The van der Waals surface area contributed by atoms with Crippen molar-refractivity contribution in [2.75, 3.05) is 31.2 Å². The van der Waals surface area contributed by atoms with Crippen molar-refractivity contribution in [2.45, 2.75) is 19.8 Å². The summed E-state index contributed by atoms with van der Waals surface area (Å²) in [4.78, 5) is 23.6. The molecule has 0 atom stereocenters.